The predicted octanol–water partition coefficient (Wildman–Crippen LogP) is -1.02. The van der Waals surface area contributed by atoms with E-state index in [1.165, 1.54) is 0 Å². The SMILES string of the molecule is CCN(C(P(=O)(O)O)P(=O)(O)O)C(C)(P(=O)(O)O)P(=O)(O)O. The summed E-state index contributed by atoms with van der Waals surface area (Å²) in [7, 11) is -23.1. The summed E-state index contributed by atoms with van der Waals surface area (Å²) in [5.41, 5.74) is -3.13. The van der Waals surface area contributed by atoms with Gasteiger partial charge in [0.15, 0.2) is 0 Å². The fourth-order valence-electron chi connectivity index (χ4n) is 1.75. The zero-order chi connectivity index (χ0) is 18.4. The van der Waals surface area contributed by atoms with Crippen LogP contribution in [0.3, 0.4) is 0 Å². The minimum atomic E-state index is -5.80. The lowest BCUT2D eigenvalue weighted by atomic mass is 10.5. The van der Waals surface area contributed by atoms with Crippen molar-refractivity contribution in [2.75, 3.05) is 6.54 Å². The Morgan fingerprint density at radius 1 is 0.818 bits per heavy atom. The second-order valence-corrected chi connectivity index (χ2v) is 12.4. The standard InChI is InChI=1S/C5H17NO12P4/c1-3-6(4(19(7,8)9)20(10,11)12)5(2,21(13,14)15)22(16,17)18/h4H,3H2,1-2H3,(H2,7,8,9)(H2,10,11,12)(H2,13,14,15)(H2,16,17,18). The van der Waals surface area contributed by atoms with Crippen molar-refractivity contribution in [2.45, 2.75) is 24.4 Å². The molecule has 13 nitrogen and oxygen atoms in total. The monoisotopic (exact) mass is 407 g/mol. The topological polar surface area (TPSA) is 233 Å². The molecule has 0 saturated heterocycles. The van der Waals surface area contributed by atoms with Gasteiger partial charge in [0.1, 0.15) is 0 Å². The maximum Gasteiger partial charge on any atom is 0.357 e. The minimum absolute atomic E-state index is 0.240. The van der Waals surface area contributed by atoms with Gasteiger partial charge in [-0.05, 0) is 13.5 Å². The van der Waals surface area contributed by atoms with Crippen LogP contribution in [0.4, 0.5) is 0 Å². The summed E-state index contributed by atoms with van der Waals surface area (Å²) in [5, 5.41) is -3.54. The molecule has 0 aliphatic rings. The molecule has 0 aliphatic carbocycles. The van der Waals surface area contributed by atoms with Crippen LogP contribution in [0.2, 0.25) is 0 Å². The first-order valence-corrected chi connectivity index (χ1v) is 11.9. The van der Waals surface area contributed by atoms with Crippen LogP contribution in [0.1, 0.15) is 13.8 Å². The highest BCUT2D eigenvalue weighted by molar-refractivity contribution is 7.73. The smallest absolute Gasteiger partial charge is 0.323 e. The molecule has 8 N–H and O–H groups in total. The average Bonchev–Trinajstić information content (AvgIpc) is 2.17. The molecule has 0 fully saturated rings. The summed E-state index contributed by atoms with van der Waals surface area (Å²) in [6.07, 6.45) is 0. The molecular weight excluding hydrogens is 390 g/mol. The largest absolute Gasteiger partial charge is 0.357 e. The maximum absolute atomic E-state index is 11.5. The molecule has 0 amide bonds. The van der Waals surface area contributed by atoms with E-state index in [0.29, 0.717) is 0 Å². The van der Waals surface area contributed by atoms with Gasteiger partial charge in [0.25, 0.3) is 0 Å². The van der Waals surface area contributed by atoms with Gasteiger partial charge < -0.3 is 39.1 Å². The number of nitrogens with zero attached hydrogens (tertiary/aromatic N) is 1. The summed E-state index contributed by atoms with van der Waals surface area (Å²) in [6.45, 7) is 0.353. The summed E-state index contributed by atoms with van der Waals surface area (Å²) in [5.74, 6) is 0. The van der Waals surface area contributed by atoms with Crippen LogP contribution in [0.25, 0.3) is 0 Å². The van der Waals surface area contributed by atoms with Crippen LogP contribution in [-0.2, 0) is 18.3 Å². The molecule has 0 rings (SSSR count). The lowest BCUT2D eigenvalue weighted by molar-refractivity contribution is 0.158. The van der Waals surface area contributed by atoms with Gasteiger partial charge in [0, 0.05) is 0 Å². The molecule has 0 atom stereocenters. The van der Waals surface area contributed by atoms with E-state index in [1.807, 2.05) is 0 Å². The Bertz CT molecular complexity index is 549. The van der Waals surface area contributed by atoms with Crippen molar-refractivity contribution in [2.24, 2.45) is 0 Å². The molecule has 0 saturated carbocycles. The molecule has 17 heteroatoms. The maximum atomic E-state index is 11.5. The normalized spacial score (nSPS) is 15.6. The van der Waals surface area contributed by atoms with Crippen LogP contribution >= 0.6 is 30.4 Å². The molecule has 0 aromatic carbocycles. The summed E-state index contributed by atoms with van der Waals surface area (Å²) in [4.78, 5) is 73.0. The van der Waals surface area contributed by atoms with Gasteiger partial charge in [0.05, 0.1) is 0 Å². The molecule has 0 spiro atoms. The summed E-state index contributed by atoms with van der Waals surface area (Å²) in [6, 6.07) is 0. The fraction of sp³-hybridized carbons (Fsp3) is 1.00. The van der Waals surface area contributed by atoms with Crippen molar-refractivity contribution in [1.82, 2.24) is 4.90 Å². The Hall–Kier alpha value is 0.560. The molecule has 0 unspecified atom stereocenters. The highest BCUT2D eigenvalue weighted by Gasteiger charge is 2.66. The van der Waals surface area contributed by atoms with Crippen LogP contribution in [0, 0.1) is 0 Å². The predicted molar refractivity (Wildman–Crippen MR) is 72.7 cm³/mol. The Morgan fingerprint density at radius 2 is 1.09 bits per heavy atom. The Labute approximate surface area is 124 Å². The van der Waals surface area contributed by atoms with Crippen molar-refractivity contribution >= 4 is 30.4 Å². The van der Waals surface area contributed by atoms with Crippen molar-refractivity contribution in [1.29, 1.82) is 0 Å². The number of hydrogen-bond acceptors (Lipinski definition) is 5. The van der Waals surface area contributed by atoms with Crippen molar-refractivity contribution in [3.05, 3.63) is 0 Å². The van der Waals surface area contributed by atoms with E-state index >= 15 is 0 Å². The van der Waals surface area contributed by atoms with Gasteiger partial charge in [-0.3, -0.25) is 23.2 Å². The van der Waals surface area contributed by atoms with Gasteiger partial charge in [-0.2, -0.15) is 0 Å². The molecule has 0 aliphatic heterocycles. The van der Waals surface area contributed by atoms with Crippen LogP contribution < -0.4 is 0 Å². The average molecular weight is 407 g/mol. The van der Waals surface area contributed by atoms with Crippen molar-refractivity contribution in [3.8, 4) is 0 Å². The first-order chi connectivity index (χ1) is 9.31. The van der Waals surface area contributed by atoms with Gasteiger partial charge in [-0.15, -0.1) is 0 Å². The third kappa shape index (κ3) is 4.34. The van der Waals surface area contributed by atoms with Gasteiger partial charge in [-0.25, -0.2) is 0 Å². The van der Waals surface area contributed by atoms with Gasteiger partial charge >= 0.3 is 30.4 Å². The van der Waals surface area contributed by atoms with E-state index in [0.717, 1.165) is 6.92 Å². The molecule has 0 bridgehead atoms. The number of hydrogen-bond donors (Lipinski definition) is 8. The second kappa shape index (κ2) is 6.46. The Balaban J connectivity index is 6.67. The van der Waals surface area contributed by atoms with E-state index < -0.39 is 47.5 Å². The minimum Gasteiger partial charge on any atom is -0.323 e. The van der Waals surface area contributed by atoms with Crippen LogP contribution in [0.15, 0.2) is 0 Å². The van der Waals surface area contributed by atoms with Crippen molar-refractivity contribution in [3.63, 3.8) is 0 Å². The van der Waals surface area contributed by atoms with E-state index in [1.54, 1.807) is 0 Å². The molecule has 0 aromatic rings. The molecule has 0 heterocycles. The van der Waals surface area contributed by atoms with E-state index in [9.17, 15) is 37.8 Å². The number of rotatable bonds is 7. The van der Waals surface area contributed by atoms with Gasteiger partial charge in [0.2, 0.25) is 10.5 Å². The third-order valence-corrected chi connectivity index (χ3v) is 10.7. The Morgan fingerprint density at radius 3 is 1.23 bits per heavy atom. The van der Waals surface area contributed by atoms with Gasteiger partial charge in [-0.1, -0.05) is 6.92 Å². The van der Waals surface area contributed by atoms with E-state index in [-0.39, 0.29) is 11.8 Å². The highest BCUT2D eigenvalue weighted by atomic mass is 31.2. The van der Waals surface area contributed by atoms with E-state index in [2.05, 4.69) is 0 Å². The molecule has 0 aromatic heterocycles. The molecular formula is C5H17NO12P4. The lowest BCUT2D eigenvalue weighted by Crippen LogP contribution is -2.51. The zero-order valence-electron chi connectivity index (χ0n) is 11.2. The fourth-order valence-corrected chi connectivity index (χ4v) is 7.73. The first-order valence-electron chi connectivity index (χ1n) is 5.30. The quantitative estimate of drug-likeness (QED) is 0.236. The van der Waals surface area contributed by atoms with Crippen LogP contribution in [0.5, 0.6) is 0 Å². The summed E-state index contributed by atoms with van der Waals surface area (Å²) >= 11 is 0. The molecule has 0 radical (unpaired) electrons. The van der Waals surface area contributed by atoms with Crippen molar-refractivity contribution < 1.29 is 57.4 Å². The first kappa shape index (κ1) is 22.6. The Kier molecular flexibility index (Phi) is 6.62. The zero-order valence-corrected chi connectivity index (χ0v) is 14.8. The third-order valence-electron chi connectivity index (χ3n) is 2.87. The van der Waals surface area contributed by atoms with E-state index in [4.69, 9.17) is 19.6 Å². The molecule has 134 valence electrons. The lowest BCUT2D eigenvalue weighted by Gasteiger charge is -2.44. The highest BCUT2D eigenvalue weighted by Crippen LogP contribution is 2.74. The van der Waals surface area contributed by atoms with Crippen LogP contribution in [-0.4, -0.2) is 61.1 Å². The summed E-state index contributed by atoms with van der Waals surface area (Å²) < 4.78 is 45.7. The second-order valence-electron chi connectivity index (χ2n) is 4.37. The molecule has 22 heavy (non-hydrogen) atoms.